The molecule has 0 radical (unpaired) electrons. The van der Waals surface area contributed by atoms with Crippen LogP contribution in [0.15, 0.2) is 39.5 Å². The van der Waals surface area contributed by atoms with E-state index in [0.29, 0.717) is 27.0 Å². The fourth-order valence-electron chi connectivity index (χ4n) is 2.43. The maximum atomic E-state index is 12.3. The summed E-state index contributed by atoms with van der Waals surface area (Å²) in [6.07, 6.45) is 0. The predicted molar refractivity (Wildman–Crippen MR) is 83.7 cm³/mol. The highest BCUT2D eigenvalue weighted by molar-refractivity contribution is 7.17. The van der Waals surface area contributed by atoms with Crippen LogP contribution in [0.4, 0.5) is 0 Å². The van der Waals surface area contributed by atoms with E-state index < -0.39 is 0 Å². The Balaban J connectivity index is 2.33. The van der Waals surface area contributed by atoms with Crippen molar-refractivity contribution < 1.29 is 14.6 Å². The van der Waals surface area contributed by atoms with Gasteiger partial charge < -0.3 is 14.6 Å². The quantitative estimate of drug-likeness (QED) is 0.476. The molecule has 0 unspecified atom stereocenters. The van der Waals surface area contributed by atoms with Crippen LogP contribution in [0.25, 0.3) is 32.0 Å². The van der Waals surface area contributed by atoms with Gasteiger partial charge in [-0.15, -0.1) is 0 Å². The molecule has 2 aromatic heterocycles. The lowest BCUT2D eigenvalue weighted by molar-refractivity contribution is 0.404. The number of benzene rings is 2. The van der Waals surface area contributed by atoms with Crippen molar-refractivity contribution in [3.8, 4) is 11.5 Å². The van der Waals surface area contributed by atoms with E-state index >= 15 is 0 Å². The molecule has 0 saturated carbocycles. The van der Waals surface area contributed by atoms with Gasteiger partial charge in [0.1, 0.15) is 11.2 Å². The smallest absolute Gasteiger partial charge is 0.244 e. The van der Waals surface area contributed by atoms with E-state index in [4.69, 9.17) is 16.0 Å². The third kappa shape index (κ3) is 1.71. The first-order chi connectivity index (χ1) is 10.0. The zero-order valence-electron chi connectivity index (χ0n) is 10.4. The highest BCUT2D eigenvalue weighted by atomic mass is 35.5. The van der Waals surface area contributed by atoms with Gasteiger partial charge >= 0.3 is 0 Å². The van der Waals surface area contributed by atoms with Crippen LogP contribution in [-0.4, -0.2) is 10.2 Å². The normalized spacial score (nSPS) is 11.7. The van der Waals surface area contributed by atoms with E-state index in [1.54, 1.807) is 18.2 Å². The molecule has 0 amide bonds. The Morgan fingerprint density at radius 1 is 1.05 bits per heavy atom. The Hall–Kier alpha value is -2.24. The first kappa shape index (κ1) is 12.5. The van der Waals surface area contributed by atoms with Gasteiger partial charge in [-0.2, -0.15) is 0 Å². The zero-order valence-corrected chi connectivity index (χ0v) is 12.0. The van der Waals surface area contributed by atoms with E-state index in [2.05, 4.69) is 0 Å². The molecule has 2 N–H and O–H groups in total. The van der Waals surface area contributed by atoms with E-state index in [9.17, 15) is 15.0 Å². The summed E-state index contributed by atoms with van der Waals surface area (Å²) in [5, 5.41) is 21.3. The summed E-state index contributed by atoms with van der Waals surface area (Å²) in [6.45, 7) is 0. The van der Waals surface area contributed by atoms with Crippen molar-refractivity contribution in [1.82, 2.24) is 0 Å². The molecule has 2 heterocycles. The number of phenolic OH excluding ortho intramolecular Hbond substituents is 2. The SMILES string of the molecule is O=c1sc2ccc(Cl)cc2c2oc3cc(O)c(O)cc3c12. The molecule has 0 aliphatic heterocycles. The van der Waals surface area contributed by atoms with Crippen LogP contribution in [0, 0.1) is 0 Å². The molecule has 2 aromatic carbocycles. The van der Waals surface area contributed by atoms with E-state index in [1.807, 2.05) is 0 Å². The van der Waals surface area contributed by atoms with Crippen molar-refractivity contribution in [3.63, 3.8) is 0 Å². The molecule has 0 atom stereocenters. The van der Waals surface area contributed by atoms with Gasteiger partial charge in [-0.1, -0.05) is 22.9 Å². The summed E-state index contributed by atoms with van der Waals surface area (Å²) < 4.78 is 6.32. The molecule has 0 aliphatic rings. The van der Waals surface area contributed by atoms with Crippen molar-refractivity contribution >= 4 is 55.0 Å². The molecule has 0 spiro atoms. The predicted octanol–water partition coefficient (Wildman–Crippen LogP) is 4.23. The van der Waals surface area contributed by atoms with Crippen LogP contribution in [0.1, 0.15) is 0 Å². The van der Waals surface area contributed by atoms with Crippen molar-refractivity contribution in [3.05, 3.63) is 44.9 Å². The third-order valence-corrected chi connectivity index (χ3v) is 4.58. The lowest BCUT2D eigenvalue weighted by Crippen LogP contribution is -1.93. The molecule has 0 saturated heterocycles. The molecule has 0 aliphatic carbocycles. The number of hydrogen-bond acceptors (Lipinski definition) is 5. The Morgan fingerprint density at radius 3 is 2.62 bits per heavy atom. The first-order valence-electron chi connectivity index (χ1n) is 6.05. The fraction of sp³-hybridized carbons (Fsp3) is 0. The summed E-state index contributed by atoms with van der Waals surface area (Å²) in [5.41, 5.74) is 0.758. The second-order valence-corrected chi connectivity index (χ2v) is 6.12. The Bertz CT molecular complexity index is 1090. The van der Waals surface area contributed by atoms with Crippen molar-refractivity contribution in [2.24, 2.45) is 0 Å². The molecule has 21 heavy (non-hydrogen) atoms. The van der Waals surface area contributed by atoms with Crippen LogP contribution in [-0.2, 0) is 0 Å². The fourth-order valence-corrected chi connectivity index (χ4v) is 3.51. The van der Waals surface area contributed by atoms with Gasteiger partial charge in [0.25, 0.3) is 0 Å². The number of furan rings is 1. The second-order valence-electron chi connectivity index (χ2n) is 4.67. The lowest BCUT2D eigenvalue weighted by atomic mass is 10.1. The van der Waals surface area contributed by atoms with Gasteiger partial charge in [-0.05, 0) is 24.3 Å². The summed E-state index contributed by atoms with van der Waals surface area (Å²) in [7, 11) is 0. The van der Waals surface area contributed by atoms with Crippen molar-refractivity contribution in [1.29, 1.82) is 0 Å². The molecule has 4 nitrogen and oxygen atoms in total. The Labute approximate surface area is 126 Å². The lowest BCUT2D eigenvalue weighted by Gasteiger charge is -1.98. The monoisotopic (exact) mass is 318 g/mol. The van der Waals surface area contributed by atoms with Crippen LogP contribution in [0.5, 0.6) is 11.5 Å². The van der Waals surface area contributed by atoms with Crippen LogP contribution < -0.4 is 4.74 Å². The third-order valence-electron chi connectivity index (χ3n) is 3.38. The zero-order chi connectivity index (χ0) is 14.7. The molecule has 4 rings (SSSR count). The maximum Gasteiger partial charge on any atom is 0.244 e. The largest absolute Gasteiger partial charge is 0.504 e. The molecular formula is C15H7ClO4S. The first-order valence-corrected chi connectivity index (χ1v) is 7.24. The van der Waals surface area contributed by atoms with Crippen molar-refractivity contribution in [2.45, 2.75) is 0 Å². The maximum absolute atomic E-state index is 12.3. The molecule has 6 heteroatoms. The van der Waals surface area contributed by atoms with Crippen LogP contribution in [0.3, 0.4) is 0 Å². The van der Waals surface area contributed by atoms with Gasteiger partial charge in [-0.25, -0.2) is 0 Å². The number of halogens is 1. The standard InChI is InChI=1S/C15H7ClO4S/c16-6-1-2-12-8(3-6)14-13(15(19)21-12)7-4-9(17)10(18)5-11(7)20-14/h1-5,17-18H. The minimum absolute atomic E-state index is 0.163. The average molecular weight is 319 g/mol. The number of aromatic hydroxyl groups is 2. The molecule has 0 bridgehead atoms. The van der Waals surface area contributed by atoms with E-state index in [1.165, 1.54) is 12.1 Å². The highest BCUT2D eigenvalue weighted by Gasteiger charge is 2.17. The minimum atomic E-state index is -0.292. The van der Waals surface area contributed by atoms with Gasteiger partial charge in [0.2, 0.25) is 4.74 Å². The molecule has 4 aromatic rings. The minimum Gasteiger partial charge on any atom is -0.504 e. The van der Waals surface area contributed by atoms with E-state index in [0.717, 1.165) is 21.4 Å². The summed E-state index contributed by atoms with van der Waals surface area (Å²) in [4.78, 5) is 12.3. The topological polar surface area (TPSA) is 70.7 Å². The summed E-state index contributed by atoms with van der Waals surface area (Å²) in [5.74, 6) is -0.583. The highest BCUT2D eigenvalue weighted by Crippen LogP contribution is 2.38. The number of fused-ring (bicyclic) bond motifs is 5. The van der Waals surface area contributed by atoms with Gasteiger partial charge in [-0.3, -0.25) is 4.79 Å². The van der Waals surface area contributed by atoms with E-state index in [-0.39, 0.29) is 16.2 Å². The van der Waals surface area contributed by atoms with Gasteiger partial charge in [0.05, 0.1) is 5.39 Å². The number of hydrogen-bond donors (Lipinski definition) is 2. The number of rotatable bonds is 0. The molecule has 0 fully saturated rings. The number of phenols is 2. The summed E-state index contributed by atoms with van der Waals surface area (Å²) in [6, 6.07) is 7.85. The molecular weight excluding hydrogens is 312 g/mol. The van der Waals surface area contributed by atoms with Gasteiger partial charge in [0, 0.05) is 26.6 Å². The van der Waals surface area contributed by atoms with Gasteiger partial charge in [0.15, 0.2) is 11.5 Å². The van der Waals surface area contributed by atoms with Crippen LogP contribution >= 0.6 is 22.9 Å². The Morgan fingerprint density at radius 2 is 1.81 bits per heavy atom. The van der Waals surface area contributed by atoms with Crippen molar-refractivity contribution in [2.75, 3.05) is 0 Å². The van der Waals surface area contributed by atoms with Crippen LogP contribution in [0.2, 0.25) is 5.02 Å². The summed E-state index contributed by atoms with van der Waals surface area (Å²) >= 11 is 7.10. The average Bonchev–Trinajstić information content (AvgIpc) is 2.80. The second kappa shape index (κ2) is 4.13. The Kier molecular flexibility index (Phi) is 2.46. The molecule has 104 valence electrons.